The van der Waals surface area contributed by atoms with Crippen LogP contribution >= 0.6 is 15.9 Å². The summed E-state index contributed by atoms with van der Waals surface area (Å²) in [5.41, 5.74) is 0.177. The number of carbonyl (C=O) groups excluding carboxylic acids is 4. The van der Waals surface area contributed by atoms with Gasteiger partial charge in [0.25, 0.3) is 5.91 Å². The number of alkyl carbamates (subject to hydrolysis) is 2. The van der Waals surface area contributed by atoms with Crippen LogP contribution < -0.4 is 21.3 Å². The van der Waals surface area contributed by atoms with Crippen molar-refractivity contribution >= 4 is 39.9 Å². The standard InChI is InChI=1S/C30H37BrF2N4O6/c1-30(2,3)43-29(41)36-22(16-19-15-21(32)10-11-23(19)33)17-25(38)34-12-4-5-13-35-27(39)26-24(37-28(40)42-26)14-18-6-8-20(31)9-7-18/h6-11,15,22,24,26H,4-5,12-14,16-17H2,1-3H3,(H,34,38)(H,35,39)(H,36,41)(H,37,40)/t22?,24-,26+/m1/s1. The van der Waals surface area contributed by atoms with Crippen LogP contribution in [0.1, 0.15) is 51.2 Å². The minimum Gasteiger partial charge on any atom is -0.444 e. The maximum Gasteiger partial charge on any atom is 0.408 e. The van der Waals surface area contributed by atoms with Crippen molar-refractivity contribution in [3.63, 3.8) is 0 Å². The summed E-state index contributed by atoms with van der Waals surface area (Å²) < 4.78 is 39.3. The smallest absolute Gasteiger partial charge is 0.408 e. The molecule has 4 N–H and O–H groups in total. The molecule has 0 spiro atoms. The lowest BCUT2D eigenvalue weighted by atomic mass is 10.0. The van der Waals surface area contributed by atoms with Gasteiger partial charge in [0.05, 0.1) is 6.04 Å². The average molecular weight is 668 g/mol. The van der Waals surface area contributed by atoms with Gasteiger partial charge in [0.15, 0.2) is 0 Å². The molecule has 1 aliphatic rings. The maximum atomic E-state index is 14.2. The third-order valence-electron chi connectivity index (χ3n) is 6.38. The lowest BCUT2D eigenvalue weighted by Gasteiger charge is -2.23. The van der Waals surface area contributed by atoms with Crippen LogP contribution in [0, 0.1) is 11.6 Å². The number of ether oxygens (including phenoxy) is 2. The number of rotatable bonds is 13. The van der Waals surface area contributed by atoms with Gasteiger partial charge in [-0.25, -0.2) is 18.4 Å². The predicted octanol–water partition coefficient (Wildman–Crippen LogP) is 4.29. The van der Waals surface area contributed by atoms with E-state index in [-0.39, 0.29) is 24.9 Å². The normalized spacial score (nSPS) is 16.9. The first-order chi connectivity index (χ1) is 20.3. The van der Waals surface area contributed by atoms with Crippen LogP contribution in [0.15, 0.2) is 46.9 Å². The van der Waals surface area contributed by atoms with Crippen molar-refractivity contribution in [1.29, 1.82) is 0 Å². The second kappa shape index (κ2) is 15.6. The Balaban J connectivity index is 1.42. The Morgan fingerprint density at radius 1 is 1.05 bits per heavy atom. The van der Waals surface area contributed by atoms with Crippen molar-refractivity contribution < 1.29 is 37.4 Å². The van der Waals surface area contributed by atoms with E-state index in [4.69, 9.17) is 9.47 Å². The number of hydrogen-bond acceptors (Lipinski definition) is 6. The Hall–Kier alpha value is -3.74. The van der Waals surface area contributed by atoms with E-state index in [2.05, 4.69) is 37.2 Å². The van der Waals surface area contributed by atoms with Crippen molar-refractivity contribution in [1.82, 2.24) is 21.3 Å². The van der Waals surface area contributed by atoms with E-state index in [0.717, 1.165) is 28.2 Å². The predicted molar refractivity (Wildman–Crippen MR) is 158 cm³/mol. The highest BCUT2D eigenvalue weighted by Gasteiger charge is 2.39. The highest BCUT2D eigenvalue weighted by molar-refractivity contribution is 9.10. The van der Waals surface area contributed by atoms with E-state index >= 15 is 0 Å². The highest BCUT2D eigenvalue weighted by Crippen LogP contribution is 2.18. The van der Waals surface area contributed by atoms with E-state index in [1.807, 2.05) is 24.3 Å². The van der Waals surface area contributed by atoms with Gasteiger partial charge in [0, 0.05) is 30.0 Å². The lowest BCUT2D eigenvalue weighted by molar-refractivity contribution is -0.128. The number of benzene rings is 2. The molecule has 2 aromatic rings. The molecule has 1 unspecified atom stereocenters. The van der Waals surface area contributed by atoms with Crippen LogP contribution in [-0.4, -0.2) is 60.9 Å². The number of unbranched alkanes of at least 4 members (excludes halogenated alkanes) is 1. The minimum atomic E-state index is -0.965. The van der Waals surface area contributed by atoms with Crippen molar-refractivity contribution in [2.45, 2.75) is 76.7 Å². The molecule has 1 fully saturated rings. The van der Waals surface area contributed by atoms with Gasteiger partial charge >= 0.3 is 12.2 Å². The maximum absolute atomic E-state index is 14.2. The molecule has 0 aliphatic carbocycles. The number of hydrogen-bond donors (Lipinski definition) is 4. The molecule has 4 amide bonds. The fourth-order valence-electron chi connectivity index (χ4n) is 4.43. The van der Waals surface area contributed by atoms with E-state index in [9.17, 15) is 28.0 Å². The first-order valence-corrected chi connectivity index (χ1v) is 14.8. The number of nitrogens with one attached hydrogen (secondary N) is 4. The van der Waals surface area contributed by atoms with Gasteiger partial charge < -0.3 is 30.7 Å². The molecule has 43 heavy (non-hydrogen) atoms. The second-order valence-electron chi connectivity index (χ2n) is 11.2. The molecule has 13 heteroatoms. The topological polar surface area (TPSA) is 135 Å². The van der Waals surface area contributed by atoms with Gasteiger partial charge in [-0.3, -0.25) is 9.59 Å². The fraction of sp³-hybridized carbons (Fsp3) is 0.467. The first-order valence-electron chi connectivity index (χ1n) is 14.0. The average Bonchev–Trinajstić information content (AvgIpc) is 3.28. The van der Waals surface area contributed by atoms with Gasteiger partial charge in [0.2, 0.25) is 12.0 Å². The summed E-state index contributed by atoms with van der Waals surface area (Å²) in [4.78, 5) is 49.4. The zero-order chi connectivity index (χ0) is 31.6. The molecular formula is C30H37BrF2N4O6. The molecule has 1 saturated heterocycles. The van der Waals surface area contributed by atoms with Crippen molar-refractivity contribution in [2.75, 3.05) is 13.1 Å². The Kier molecular flexibility index (Phi) is 12.3. The van der Waals surface area contributed by atoms with Gasteiger partial charge in [-0.1, -0.05) is 28.1 Å². The molecule has 1 heterocycles. The van der Waals surface area contributed by atoms with Crippen molar-refractivity contribution in [3.05, 3.63) is 69.7 Å². The SMILES string of the molecule is CC(C)(C)OC(=O)NC(CC(=O)NCCCCNC(=O)[C@H]1OC(=O)N[C@@H]1Cc1ccc(Br)cc1)Cc1cc(F)ccc1F. The van der Waals surface area contributed by atoms with E-state index < -0.39 is 59.4 Å². The number of carbonyl (C=O) groups is 4. The molecule has 0 radical (unpaired) electrons. The molecule has 2 aromatic carbocycles. The van der Waals surface area contributed by atoms with Gasteiger partial charge in [-0.15, -0.1) is 0 Å². The Morgan fingerprint density at radius 2 is 1.72 bits per heavy atom. The summed E-state index contributed by atoms with van der Waals surface area (Å²) >= 11 is 3.38. The third kappa shape index (κ3) is 11.8. The Labute approximate surface area is 257 Å². The molecule has 1 aliphatic heterocycles. The van der Waals surface area contributed by atoms with Crippen molar-refractivity contribution in [3.8, 4) is 0 Å². The summed E-state index contributed by atoms with van der Waals surface area (Å²) in [6.45, 7) is 5.64. The summed E-state index contributed by atoms with van der Waals surface area (Å²) in [6, 6.07) is 9.20. The first kappa shape index (κ1) is 33.8. The number of amides is 4. The monoisotopic (exact) mass is 666 g/mol. The van der Waals surface area contributed by atoms with Gasteiger partial charge in [-0.2, -0.15) is 0 Å². The summed E-state index contributed by atoms with van der Waals surface area (Å²) in [5.74, 6) is -2.10. The zero-order valence-electron chi connectivity index (χ0n) is 24.3. The molecule has 234 valence electrons. The minimum absolute atomic E-state index is 0.0202. The number of halogens is 3. The number of cyclic esters (lactones) is 1. The zero-order valence-corrected chi connectivity index (χ0v) is 25.9. The fourth-order valence-corrected chi connectivity index (χ4v) is 4.69. The molecule has 10 nitrogen and oxygen atoms in total. The van der Waals surface area contributed by atoms with E-state index in [0.29, 0.717) is 25.8 Å². The highest BCUT2D eigenvalue weighted by atomic mass is 79.9. The Bertz CT molecular complexity index is 1290. The Morgan fingerprint density at radius 3 is 2.40 bits per heavy atom. The molecule has 3 rings (SSSR count). The second-order valence-corrected chi connectivity index (χ2v) is 12.2. The molecule has 0 saturated carbocycles. The summed E-state index contributed by atoms with van der Waals surface area (Å²) in [6.07, 6.45) is -1.21. The quantitative estimate of drug-likeness (QED) is 0.236. The molecule has 0 aromatic heterocycles. The summed E-state index contributed by atoms with van der Waals surface area (Å²) in [5, 5.41) is 10.8. The van der Waals surface area contributed by atoms with Crippen LogP contribution in [0.3, 0.4) is 0 Å². The molecule has 0 bridgehead atoms. The molecule has 3 atom stereocenters. The largest absolute Gasteiger partial charge is 0.444 e. The van der Waals surface area contributed by atoms with Crippen LogP contribution in [-0.2, 0) is 31.9 Å². The third-order valence-corrected chi connectivity index (χ3v) is 6.91. The van der Waals surface area contributed by atoms with Crippen LogP contribution in [0.4, 0.5) is 18.4 Å². The van der Waals surface area contributed by atoms with Gasteiger partial charge in [-0.05, 0) is 87.9 Å². The van der Waals surface area contributed by atoms with Crippen molar-refractivity contribution in [2.24, 2.45) is 0 Å². The van der Waals surface area contributed by atoms with Crippen LogP contribution in [0.25, 0.3) is 0 Å². The van der Waals surface area contributed by atoms with Crippen LogP contribution in [0.5, 0.6) is 0 Å². The van der Waals surface area contributed by atoms with Crippen LogP contribution in [0.2, 0.25) is 0 Å². The van der Waals surface area contributed by atoms with E-state index in [1.165, 1.54) is 0 Å². The summed E-state index contributed by atoms with van der Waals surface area (Å²) in [7, 11) is 0. The lowest BCUT2D eigenvalue weighted by Crippen LogP contribution is -2.44. The molecular weight excluding hydrogens is 630 g/mol. The van der Waals surface area contributed by atoms with E-state index in [1.54, 1.807) is 20.8 Å². The van der Waals surface area contributed by atoms with Gasteiger partial charge in [0.1, 0.15) is 17.2 Å².